The van der Waals surface area contributed by atoms with E-state index in [0.29, 0.717) is 29.1 Å². The van der Waals surface area contributed by atoms with Crippen molar-refractivity contribution < 1.29 is 19.1 Å². The summed E-state index contributed by atoms with van der Waals surface area (Å²) >= 11 is 0. The molecule has 3 atom stereocenters. The Balaban J connectivity index is 0.00000261. The lowest BCUT2D eigenvalue weighted by molar-refractivity contribution is -0.125. The Kier molecular flexibility index (Phi) is 7.74. The second-order valence-electron chi connectivity index (χ2n) is 6.97. The lowest BCUT2D eigenvalue weighted by Crippen LogP contribution is -2.45. The van der Waals surface area contributed by atoms with Crippen molar-refractivity contribution in [2.75, 3.05) is 26.1 Å². The van der Waals surface area contributed by atoms with Crippen molar-refractivity contribution in [3.63, 3.8) is 0 Å². The molecule has 1 aromatic carbocycles. The molecule has 7 nitrogen and oxygen atoms in total. The normalized spacial score (nSPS) is 23.6. The predicted octanol–water partition coefficient (Wildman–Crippen LogP) is 2.10. The number of amides is 2. The summed E-state index contributed by atoms with van der Waals surface area (Å²) < 4.78 is 10.4. The van der Waals surface area contributed by atoms with E-state index in [1.165, 1.54) is 19.3 Å². The van der Waals surface area contributed by atoms with Crippen LogP contribution in [0.15, 0.2) is 18.2 Å². The van der Waals surface area contributed by atoms with Gasteiger partial charge >= 0.3 is 0 Å². The Bertz CT molecular complexity index is 634. The molecule has 1 aromatic rings. The molecular weight excluding hydrogens is 370 g/mol. The summed E-state index contributed by atoms with van der Waals surface area (Å²) in [6, 6.07) is 5.39. The summed E-state index contributed by atoms with van der Waals surface area (Å²) in [6.45, 7) is -0.0636. The van der Waals surface area contributed by atoms with Crippen molar-refractivity contribution in [2.45, 2.75) is 44.2 Å². The van der Waals surface area contributed by atoms with Gasteiger partial charge in [0.25, 0.3) is 0 Å². The minimum atomic E-state index is -0.288. The summed E-state index contributed by atoms with van der Waals surface area (Å²) in [7, 11) is 3.10. The van der Waals surface area contributed by atoms with Crippen LogP contribution in [0.3, 0.4) is 0 Å². The van der Waals surface area contributed by atoms with Gasteiger partial charge in [0, 0.05) is 29.9 Å². The number of ether oxygens (including phenoxy) is 2. The fourth-order valence-electron chi connectivity index (χ4n) is 3.90. The van der Waals surface area contributed by atoms with E-state index in [9.17, 15) is 9.59 Å². The maximum atomic E-state index is 12.4. The van der Waals surface area contributed by atoms with Crippen molar-refractivity contribution in [2.24, 2.45) is 5.92 Å². The van der Waals surface area contributed by atoms with E-state index in [1.807, 2.05) is 0 Å². The molecule has 0 aromatic heterocycles. The van der Waals surface area contributed by atoms with E-state index in [1.54, 1.807) is 32.4 Å². The first-order valence-electron chi connectivity index (χ1n) is 9.15. The number of rotatable bonds is 6. The topological polar surface area (TPSA) is 88.7 Å². The van der Waals surface area contributed by atoms with Gasteiger partial charge in [-0.25, -0.2) is 0 Å². The number of anilines is 1. The van der Waals surface area contributed by atoms with Crippen LogP contribution in [0.2, 0.25) is 0 Å². The van der Waals surface area contributed by atoms with Crippen molar-refractivity contribution in [3.8, 4) is 11.5 Å². The molecule has 27 heavy (non-hydrogen) atoms. The second-order valence-corrected chi connectivity index (χ2v) is 6.97. The van der Waals surface area contributed by atoms with Crippen LogP contribution in [0.5, 0.6) is 11.5 Å². The van der Waals surface area contributed by atoms with Crippen LogP contribution in [0.1, 0.15) is 32.1 Å². The number of hydrogen-bond acceptors (Lipinski definition) is 5. The number of carbonyl (C=O) groups excluding carboxylic acids is 2. The molecule has 1 saturated carbocycles. The Morgan fingerprint density at radius 3 is 2.41 bits per heavy atom. The van der Waals surface area contributed by atoms with Crippen LogP contribution in [-0.2, 0) is 9.59 Å². The van der Waals surface area contributed by atoms with Crippen LogP contribution in [0.4, 0.5) is 5.69 Å². The zero-order valence-corrected chi connectivity index (χ0v) is 16.6. The number of fused-ring (bicyclic) bond motifs is 1. The van der Waals surface area contributed by atoms with Crippen molar-refractivity contribution in [1.29, 1.82) is 0 Å². The number of halogens is 1. The monoisotopic (exact) mass is 397 g/mol. The van der Waals surface area contributed by atoms with E-state index < -0.39 is 0 Å². The Morgan fingerprint density at radius 1 is 1.11 bits per heavy atom. The maximum absolute atomic E-state index is 12.4. The van der Waals surface area contributed by atoms with Gasteiger partial charge in [-0.1, -0.05) is 12.8 Å². The smallest absolute Gasteiger partial charge is 0.243 e. The Morgan fingerprint density at radius 2 is 1.78 bits per heavy atom. The van der Waals surface area contributed by atoms with Crippen LogP contribution in [-0.4, -0.2) is 44.7 Å². The highest BCUT2D eigenvalue weighted by atomic mass is 35.5. The molecule has 1 aliphatic heterocycles. The summed E-state index contributed by atoms with van der Waals surface area (Å²) in [6.07, 6.45) is 5.69. The Hall–Kier alpha value is -1.99. The van der Waals surface area contributed by atoms with Gasteiger partial charge in [-0.05, 0) is 25.2 Å². The number of hydrogen-bond donors (Lipinski definition) is 3. The minimum Gasteiger partial charge on any atom is -0.497 e. The third-order valence-corrected chi connectivity index (χ3v) is 5.24. The molecule has 0 bridgehead atoms. The first kappa shape index (κ1) is 21.3. The molecule has 1 heterocycles. The van der Waals surface area contributed by atoms with Gasteiger partial charge in [0.1, 0.15) is 11.5 Å². The largest absolute Gasteiger partial charge is 0.497 e. The fourth-order valence-corrected chi connectivity index (χ4v) is 3.90. The molecule has 8 heteroatoms. The lowest BCUT2D eigenvalue weighted by Gasteiger charge is -2.24. The zero-order chi connectivity index (χ0) is 18.5. The van der Waals surface area contributed by atoms with E-state index in [4.69, 9.17) is 9.47 Å². The second kappa shape index (κ2) is 9.80. The third-order valence-electron chi connectivity index (χ3n) is 5.24. The molecule has 150 valence electrons. The quantitative estimate of drug-likeness (QED) is 0.684. The highest BCUT2D eigenvalue weighted by molar-refractivity contribution is 5.95. The van der Waals surface area contributed by atoms with Gasteiger partial charge in [0.2, 0.25) is 11.8 Å². The average molecular weight is 398 g/mol. The SMILES string of the molecule is COc1cc(NC(=O)CNC(=O)C2CC3CCCCC3N2)cc(OC)c1.Cl. The van der Waals surface area contributed by atoms with Gasteiger partial charge in [-0.2, -0.15) is 0 Å². The van der Waals surface area contributed by atoms with Crippen molar-refractivity contribution in [1.82, 2.24) is 10.6 Å². The number of benzene rings is 1. The molecule has 1 saturated heterocycles. The molecule has 2 aliphatic rings. The molecule has 3 rings (SSSR count). The van der Waals surface area contributed by atoms with Crippen molar-refractivity contribution in [3.05, 3.63) is 18.2 Å². The highest BCUT2D eigenvalue weighted by Crippen LogP contribution is 2.33. The van der Waals surface area contributed by atoms with E-state index in [0.717, 1.165) is 12.8 Å². The third kappa shape index (κ3) is 5.49. The molecule has 3 N–H and O–H groups in total. The van der Waals surface area contributed by atoms with E-state index >= 15 is 0 Å². The first-order valence-corrected chi connectivity index (χ1v) is 9.15. The van der Waals surface area contributed by atoms with Gasteiger partial charge < -0.3 is 25.4 Å². The van der Waals surface area contributed by atoms with Gasteiger partial charge in [0.15, 0.2) is 0 Å². The van der Waals surface area contributed by atoms with Gasteiger partial charge in [0.05, 0.1) is 26.8 Å². The standard InChI is InChI=1S/C19H27N3O4.ClH/c1-25-14-8-13(9-15(10-14)26-2)21-18(23)11-20-19(24)17-7-12-5-3-4-6-16(12)22-17;/h8-10,12,16-17,22H,3-7,11H2,1-2H3,(H,20,24)(H,21,23);1H. The first-order chi connectivity index (χ1) is 12.6. The molecule has 0 radical (unpaired) electrons. The van der Waals surface area contributed by atoms with E-state index in [2.05, 4.69) is 16.0 Å². The molecule has 2 amide bonds. The minimum absolute atomic E-state index is 0. The number of carbonyl (C=O) groups is 2. The van der Waals surface area contributed by atoms with Gasteiger partial charge in [-0.3, -0.25) is 9.59 Å². The number of methoxy groups -OCH3 is 2. The van der Waals surface area contributed by atoms with Gasteiger partial charge in [-0.15, -0.1) is 12.4 Å². The lowest BCUT2D eigenvalue weighted by atomic mass is 9.85. The van der Waals surface area contributed by atoms with Crippen LogP contribution >= 0.6 is 12.4 Å². The predicted molar refractivity (Wildman–Crippen MR) is 106 cm³/mol. The summed E-state index contributed by atoms with van der Waals surface area (Å²) in [4.78, 5) is 24.5. The summed E-state index contributed by atoms with van der Waals surface area (Å²) in [5.41, 5.74) is 0.561. The maximum Gasteiger partial charge on any atom is 0.243 e. The highest BCUT2D eigenvalue weighted by Gasteiger charge is 2.38. The molecule has 1 aliphatic carbocycles. The molecule has 2 fully saturated rings. The number of nitrogens with one attached hydrogen (secondary N) is 3. The fraction of sp³-hybridized carbons (Fsp3) is 0.579. The van der Waals surface area contributed by atoms with Crippen molar-refractivity contribution >= 4 is 29.9 Å². The summed E-state index contributed by atoms with van der Waals surface area (Å²) in [5.74, 6) is 1.38. The average Bonchev–Trinajstić information content (AvgIpc) is 3.10. The molecular formula is C19H28ClN3O4. The Labute approximate surface area is 166 Å². The van der Waals surface area contributed by atoms with Crippen LogP contribution in [0.25, 0.3) is 0 Å². The zero-order valence-electron chi connectivity index (χ0n) is 15.7. The van der Waals surface area contributed by atoms with E-state index in [-0.39, 0.29) is 36.8 Å². The molecule has 3 unspecified atom stereocenters. The summed E-state index contributed by atoms with van der Waals surface area (Å²) in [5, 5.41) is 8.91. The van der Waals surface area contributed by atoms with Crippen LogP contribution < -0.4 is 25.4 Å². The van der Waals surface area contributed by atoms with Crippen LogP contribution in [0, 0.1) is 5.92 Å². The molecule has 0 spiro atoms.